The van der Waals surface area contributed by atoms with E-state index >= 15 is 0 Å². The zero-order valence-corrected chi connectivity index (χ0v) is 15.4. The number of benzene rings is 3. The summed E-state index contributed by atoms with van der Waals surface area (Å²) in [6, 6.07) is 28.9. The highest BCUT2D eigenvalue weighted by molar-refractivity contribution is 5.20. The molecule has 0 aliphatic heterocycles. The fourth-order valence-electron chi connectivity index (χ4n) is 2.04. The molecule has 0 heterocycles. The monoisotopic (exact) mass is 368 g/mol. The molecule has 3 rings (SSSR count). The Morgan fingerprint density at radius 1 is 0.556 bits per heavy atom. The molecule has 144 valence electrons. The molecule has 0 fully saturated rings. The van der Waals surface area contributed by atoms with Crippen LogP contribution in [0.1, 0.15) is 11.1 Å². The van der Waals surface area contributed by atoms with E-state index < -0.39 is 0 Å². The van der Waals surface area contributed by atoms with Gasteiger partial charge in [0, 0.05) is 6.61 Å². The van der Waals surface area contributed by atoms with Crippen molar-refractivity contribution in [2.75, 3.05) is 19.8 Å². The average Bonchev–Trinajstić information content (AvgIpc) is 2.75. The first-order chi connectivity index (χ1) is 13.3. The number of hydrogen-bond donors (Lipinski definition) is 3. The smallest absolute Gasteiger partial charge is 0.119 e. The third kappa shape index (κ3) is 11.5. The van der Waals surface area contributed by atoms with Crippen LogP contribution in [0.4, 0.5) is 0 Å². The second kappa shape index (κ2) is 15.6. The molecular formula is C23H28O4. The number of rotatable bonds is 6. The highest BCUT2D eigenvalue weighted by Crippen LogP contribution is 2.07. The van der Waals surface area contributed by atoms with Gasteiger partial charge in [0.15, 0.2) is 0 Å². The van der Waals surface area contributed by atoms with Gasteiger partial charge in [-0.3, -0.25) is 0 Å². The lowest BCUT2D eigenvalue weighted by molar-refractivity contribution is 0.201. The van der Waals surface area contributed by atoms with Crippen molar-refractivity contribution >= 4 is 0 Å². The lowest BCUT2D eigenvalue weighted by Gasteiger charge is -2.01. The standard InChI is InChI=1S/C8H10O2.C8H10O.C7H8O/c9-6-7-10-8-4-2-1-3-5-8;9-7-6-8-4-2-1-3-5-8;8-6-7-4-2-1-3-5-7/h1-5,9H,6-7H2;1-5,9H,6-7H2;1-5,8H,6H2. The molecule has 0 saturated carbocycles. The molecule has 27 heavy (non-hydrogen) atoms. The topological polar surface area (TPSA) is 69.9 Å². The minimum atomic E-state index is 0.0644. The van der Waals surface area contributed by atoms with Gasteiger partial charge in [0.25, 0.3) is 0 Å². The molecule has 3 aromatic rings. The molecular weight excluding hydrogens is 340 g/mol. The molecule has 0 aliphatic rings. The Labute approximate surface area is 161 Å². The van der Waals surface area contributed by atoms with Crippen molar-refractivity contribution < 1.29 is 20.1 Å². The first-order valence-electron chi connectivity index (χ1n) is 8.88. The third-order valence-corrected chi connectivity index (χ3v) is 3.37. The van der Waals surface area contributed by atoms with Gasteiger partial charge in [-0.1, -0.05) is 78.9 Å². The van der Waals surface area contributed by atoms with E-state index in [4.69, 9.17) is 20.1 Å². The molecule has 0 aliphatic carbocycles. The van der Waals surface area contributed by atoms with Crippen LogP contribution in [0.3, 0.4) is 0 Å². The SMILES string of the molecule is OCCOc1ccccc1.OCCc1ccccc1.OCc1ccccc1. The van der Waals surface area contributed by atoms with Crippen molar-refractivity contribution in [3.8, 4) is 5.75 Å². The Morgan fingerprint density at radius 2 is 1.04 bits per heavy atom. The van der Waals surface area contributed by atoms with Gasteiger partial charge in [-0.15, -0.1) is 0 Å². The zero-order valence-electron chi connectivity index (χ0n) is 15.4. The van der Waals surface area contributed by atoms with Crippen LogP contribution >= 0.6 is 0 Å². The summed E-state index contributed by atoms with van der Waals surface area (Å²) >= 11 is 0. The summed E-state index contributed by atoms with van der Waals surface area (Å²) in [4.78, 5) is 0. The summed E-state index contributed by atoms with van der Waals surface area (Å²) in [7, 11) is 0. The number of para-hydroxylation sites is 1. The van der Waals surface area contributed by atoms with Crippen molar-refractivity contribution in [3.63, 3.8) is 0 Å². The van der Waals surface area contributed by atoms with Crippen LogP contribution in [-0.2, 0) is 13.0 Å². The van der Waals surface area contributed by atoms with E-state index in [0.717, 1.165) is 17.7 Å². The summed E-state index contributed by atoms with van der Waals surface area (Å²) in [5, 5.41) is 25.5. The van der Waals surface area contributed by atoms with Gasteiger partial charge >= 0.3 is 0 Å². The molecule has 4 heteroatoms. The Bertz CT molecular complexity index is 673. The van der Waals surface area contributed by atoms with E-state index in [1.54, 1.807) is 0 Å². The van der Waals surface area contributed by atoms with Crippen molar-refractivity contribution in [2.24, 2.45) is 0 Å². The van der Waals surface area contributed by atoms with Gasteiger partial charge in [-0.25, -0.2) is 0 Å². The summed E-state index contributed by atoms with van der Waals surface area (Å²) in [6.45, 7) is 0.809. The van der Waals surface area contributed by atoms with Crippen LogP contribution in [0, 0.1) is 0 Å². The number of hydrogen-bond acceptors (Lipinski definition) is 4. The molecule has 0 unspecified atom stereocenters. The van der Waals surface area contributed by atoms with Crippen molar-refractivity contribution in [2.45, 2.75) is 13.0 Å². The van der Waals surface area contributed by atoms with Gasteiger partial charge in [-0.05, 0) is 29.7 Å². The van der Waals surface area contributed by atoms with Crippen LogP contribution in [0.2, 0.25) is 0 Å². The normalized spacial score (nSPS) is 9.30. The molecule has 0 amide bonds. The largest absolute Gasteiger partial charge is 0.491 e. The van der Waals surface area contributed by atoms with Crippen LogP contribution in [0.15, 0.2) is 91.0 Å². The molecule has 0 spiro atoms. The Balaban J connectivity index is 0.000000204. The minimum Gasteiger partial charge on any atom is -0.491 e. The predicted molar refractivity (Wildman–Crippen MR) is 109 cm³/mol. The maximum Gasteiger partial charge on any atom is 0.119 e. The van der Waals surface area contributed by atoms with E-state index in [1.807, 2.05) is 91.0 Å². The third-order valence-electron chi connectivity index (χ3n) is 3.37. The fraction of sp³-hybridized carbons (Fsp3) is 0.217. The Hall–Kier alpha value is -2.66. The predicted octanol–water partition coefficient (Wildman–Crippen LogP) is 3.46. The zero-order chi connectivity index (χ0) is 19.6. The van der Waals surface area contributed by atoms with Gasteiger partial charge in [-0.2, -0.15) is 0 Å². The van der Waals surface area contributed by atoms with Gasteiger partial charge in [0.05, 0.1) is 13.2 Å². The molecule has 0 saturated heterocycles. The van der Waals surface area contributed by atoms with E-state index in [9.17, 15) is 0 Å². The van der Waals surface area contributed by atoms with Gasteiger partial charge in [0.1, 0.15) is 12.4 Å². The summed E-state index contributed by atoms with van der Waals surface area (Å²) in [6.07, 6.45) is 0.765. The molecule has 3 aromatic carbocycles. The van der Waals surface area contributed by atoms with Crippen molar-refractivity contribution in [1.82, 2.24) is 0 Å². The minimum absolute atomic E-state index is 0.0644. The highest BCUT2D eigenvalue weighted by atomic mass is 16.5. The fourth-order valence-corrected chi connectivity index (χ4v) is 2.04. The second-order valence-electron chi connectivity index (χ2n) is 5.49. The number of aliphatic hydroxyl groups excluding tert-OH is 3. The molecule has 0 atom stereocenters. The summed E-state index contributed by atoms with van der Waals surface area (Å²) in [5.41, 5.74) is 2.16. The number of aliphatic hydroxyl groups is 3. The average molecular weight is 368 g/mol. The summed E-state index contributed by atoms with van der Waals surface area (Å²) in [5.74, 6) is 0.802. The second-order valence-corrected chi connectivity index (χ2v) is 5.49. The number of ether oxygens (including phenoxy) is 1. The van der Waals surface area contributed by atoms with Crippen molar-refractivity contribution in [3.05, 3.63) is 102 Å². The molecule has 4 nitrogen and oxygen atoms in total. The summed E-state index contributed by atoms with van der Waals surface area (Å²) < 4.78 is 5.11. The first kappa shape index (κ1) is 22.4. The van der Waals surface area contributed by atoms with E-state index in [-0.39, 0.29) is 19.8 Å². The Morgan fingerprint density at radius 3 is 1.44 bits per heavy atom. The highest BCUT2D eigenvalue weighted by Gasteiger charge is 1.87. The van der Waals surface area contributed by atoms with Crippen LogP contribution < -0.4 is 4.74 Å². The molecule has 0 bridgehead atoms. The van der Waals surface area contributed by atoms with E-state index in [0.29, 0.717) is 6.61 Å². The maximum absolute atomic E-state index is 8.54. The lowest BCUT2D eigenvalue weighted by atomic mass is 10.2. The quantitative estimate of drug-likeness (QED) is 0.623. The lowest BCUT2D eigenvalue weighted by Crippen LogP contribution is -2.00. The van der Waals surface area contributed by atoms with Crippen LogP contribution in [0.25, 0.3) is 0 Å². The maximum atomic E-state index is 8.54. The van der Waals surface area contributed by atoms with E-state index in [2.05, 4.69) is 0 Å². The van der Waals surface area contributed by atoms with Crippen molar-refractivity contribution in [1.29, 1.82) is 0 Å². The molecule has 0 radical (unpaired) electrons. The van der Waals surface area contributed by atoms with Crippen LogP contribution in [-0.4, -0.2) is 35.1 Å². The first-order valence-corrected chi connectivity index (χ1v) is 8.88. The van der Waals surface area contributed by atoms with Gasteiger partial charge < -0.3 is 20.1 Å². The molecule has 3 N–H and O–H groups in total. The van der Waals surface area contributed by atoms with E-state index in [1.165, 1.54) is 5.56 Å². The Kier molecular flexibility index (Phi) is 12.9. The van der Waals surface area contributed by atoms with Gasteiger partial charge in [0.2, 0.25) is 0 Å². The molecule has 0 aromatic heterocycles. The van der Waals surface area contributed by atoms with Crippen LogP contribution in [0.5, 0.6) is 5.75 Å².